The van der Waals surface area contributed by atoms with Crippen LogP contribution in [0.5, 0.6) is 0 Å². The Morgan fingerprint density at radius 3 is 1.53 bits per heavy atom. The van der Waals surface area contributed by atoms with Crippen molar-refractivity contribution in [2.75, 3.05) is 0 Å². The molecule has 4 nitrogen and oxygen atoms in total. The zero-order valence-corrected chi connectivity index (χ0v) is 32.0. The summed E-state index contributed by atoms with van der Waals surface area (Å²) < 4.78 is 6.45. The van der Waals surface area contributed by atoms with Crippen LogP contribution in [0.25, 0.3) is 111 Å². The Kier molecular flexibility index (Phi) is 8.45. The lowest BCUT2D eigenvalue weighted by Gasteiger charge is -2.19. The average Bonchev–Trinajstić information content (AvgIpc) is 3.70. The Morgan fingerprint density at radius 2 is 0.780 bits per heavy atom. The first-order chi connectivity index (χ1) is 29.2. The minimum absolute atomic E-state index is 0.591. The van der Waals surface area contributed by atoms with Crippen LogP contribution in [0.3, 0.4) is 0 Å². The summed E-state index contributed by atoms with van der Waals surface area (Å²) in [5.74, 6) is 1.80. The summed E-state index contributed by atoms with van der Waals surface area (Å²) in [4.78, 5) is 15.9. The van der Waals surface area contributed by atoms with Gasteiger partial charge in [0.15, 0.2) is 17.5 Å². The second-order valence-electron chi connectivity index (χ2n) is 14.8. The van der Waals surface area contributed by atoms with E-state index in [1.54, 1.807) is 0 Å². The maximum atomic E-state index is 6.45. The van der Waals surface area contributed by atoms with Crippen LogP contribution in [0.1, 0.15) is 0 Å². The van der Waals surface area contributed by atoms with Crippen molar-refractivity contribution in [1.82, 2.24) is 15.0 Å². The van der Waals surface area contributed by atoms with Gasteiger partial charge < -0.3 is 4.42 Å². The van der Waals surface area contributed by atoms with Gasteiger partial charge in [-0.1, -0.05) is 176 Å². The van der Waals surface area contributed by atoms with Gasteiger partial charge in [-0.05, 0) is 86.1 Å². The molecular weight excluding hydrogens is 719 g/mol. The van der Waals surface area contributed by atoms with Crippen LogP contribution in [0.2, 0.25) is 0 Å². The van der Waals surface area contributed by atoms with Gasteiger partial charge in [0.2, 0.25) is 0 Å². The van der Waals surface area contributed by atoms with Gasteiger partial charge in [-0.3, -0.25) is 0 Å². The molecule has 4 heteroatoms. The fourth-order valence-electron chi connectivity index (χ4n) is 8.18. The number of rotatable bonds is 7. The van der Waals surface area contributed by atoms with Gasteiger partial charge in [-0.25, -0.2) is 15.0 Å². The van der Waals surface area contributed by atoms with Crippen molar-refractivity contribution in [2.45, 2.75) is 0 Å². The zero-order chi connectivity index (χ0) is 39.1. The summed E-state index contributed by atoms with van der Waals surface area (Å²) in [6, 6.07) is 74.1. The molecule has 0 unspecified atom stereocenters. The van der Waals surface area contributed by atoms with Gasteiger partial charge in [0.05, 0.1) is 0 Å². The second kappa shape index (κ2) is 14.5. The molecule has 0 atom stereocenters. The lowest BCUT2D eigenvalue weighted by Crippen LogP contribution is -2.02. The van der Waals surface area contributed by atoms with Crippen LogP contribution in [0.4, 0.5) is 0 Å². The molecule has 0 fully saturated rings. The lowest BCUT2D eigenvalue weighted by molar-refractivity contribution is 0.669. The zero-order valence-electron chi connectivity index (χ0n) is 32.0. The fraction of sp³-hybridized carbons (Fsp3) is 0. The summed E-state index contributed by atoms with van der Waals surface area (Å²) in [5, 5.41) is 4.48. The summed E-state index contributed by atoms with van der Waals surface area (Å²) in [6.45, 7) is 0. The molecule has 0 saturated heterocycles. The van der Waals surface area contributed by atoms with E-state index in [1.807, 2.05) is 18.2 Å². The van der Waals surface area contributed by atoms with E-state index in [1.165, 1.54) is 0 Å². The van der Waals surface area contributed by atoms with Gasteiger partial charge in [-0.15, -0.1) is 0 Å². The van der Waals surface area contributed by atoms with Gasteiger partial charge >= 0.3 is 0 Å². The highest BCUT2D eigenvalue weighted by molar-refractivity contribution is 6.07. The molecule has 9 aromatic carbocycles. The highest BCUT2D eigenvalue weighted by Crippen LogP contribution is 2.44. The summed E-state index contributed by atoms with van der Waals surface area (Å²) in [6.07, 6.45) is 0. The molecule has 0 aliphatic heterocycles. The summed E-state index contributed by atoms with van der Waals surface area (Å²) in [5.41, 5.74) is 13.1. The number of hydrogen-bond acceptors (Lipinski definition) is 4. The number of benzene rings is 9. The number of aromatic nitrogens is 3. The van der Waals surface area contributed by atoms with Gasteiger partial charge in [-0.2, -0.15) is 0 Å². The van der Waals surface area contributed by atoms with Crippen molar-refractivity contribution < 1.29 is 4.42 Å². The van der Waals surface area contributed by atoms with Crippen molar-refractivity contribution >= 4 is 32.7 Å². The van der Waals surface area contributed by atoms with E-state index < -0.39 is 0 Å². The Hall–Kier alpha value is -7.95. The maximum absolute atomic E-state index is 6.45. The van der Waals surface area contributed by atoms with Crippen LogP contribution < -0.4 is 0 Å². The Bertz CT molecular complexity index is 3300. The molecular formula is C55H35N3O. The number of hydrogen-bond donors (Lipinski definition) is 0. The molecule has 0 amide bonds. The number of para-hydroxylation sites is 1. The third-order valence-corrected chi connectivity index (χ3v) is 11.1. The normalized spacial score (nSPS) is 11.4. The first-order valence-electron chi connectivity index (χ1n) is 19.8. The van der Waals surface area contributed by atoms with Gasteiger partial charge in [0, 0.05) is 33.0 Å². The van der Waals surface area contributed by atoms with Gasteiger partial charge in [0.1, 0.15) is 11.2 Å². The van der Waals surface area contributed by atoms with E-state index in [0.717, 1.165) is 93.9 Å². The van der Waals surface area contributed by atoms with E-state index in [9.17, 15) is 0 Å². The Balaban J connectivity index is 1.18. The summed E-state index contributed by atoms with van der Waals surface area (Å²) >= 11 is 0. The van der Waals surface area contributed by atoms with Crippen LogP contribution in [0, 0.1) is 0 Å². The minimum atomic E-state index is 0.591. The van der Waals surface area contributed by atoms with Crippen molar-refractivity contribution in [3.05, 3.63) is 212 Å². The predicted octanol–water partition coefficient (Wildman–Crippen LogP) is 14.6. The van der Waals surface area contributed by atoms with E-state index in [2.05, 4.69) is 194 Å². The standard InChI is InChI=1S/C55H35N3O/c1-4-14-36(15-5-1)39-24-27-41(28-25-39)53-56-54(44-29-26-38-18-10-11-21-42(38)32-44)58-55(57-53)49-34-45(37-16-6-2-7-17-37)33-48(52(49)40-19-8-3-9-20-40)43-30-31-47-46-22-12-13-23-50(46)59-51(47)35-43/h1-35H. The fourth-order valence-corrected chi connectivity index (χ4v) is 8.18. The van der Waals surface area contributed by atoms with Crippen molar-refractivity contribution in [1.29, 1.82) is 0 Å². The SMILES string of the molecule is c1ccc(-c2ccc(-c3nc(-c4ccc5ccccc5c4)nc(-c4cc(-c5ccccc5)cc(-c5ccc6c(c5)oc5ccccc56)c4-c4ccccc4)n3)cc2)cc1. The third-order valence-electron chi connectivity index (χ3n) is 11.1. The van der Waals surface area contributed by atoms with Crippen LogP contribution >= 0.6 is 0 Å². The predicted molar refractivity (Wildman–Crippen MR) is 243 cm³/mol. The molecule has 0 aliphatic carbocycles. The lowest BCUT2D eigenvalue weighted by atomic mass is 9.86. The largest absolute Gasteiger partial charge is 0.456 e. The van der Waals surface area contributed by atoms with E-state index in [-0.39, 0.29) is 0 Å². The molecule has 0 aliphatic rings. The molecule has 0 saturated carbocycles. The number of nitrogens with zero attached hydrogens (tertiary/aromatic N) is 3. The molecule has 11 rings (SSSR count). The van der Waals surface area contributed by atoms with Crippen LogP contribution in [-0.4, -0.2) is 15.0 Å². The molecule has 2 heterocycles. The quantitative estimate of drug-likeness (QED) is 0.163. The monoisotopic (exact) mass is 753 g/mol. The van der Waals surface area contributed by atoms with Crippen molar-refractivity contribution in [2.24, 2.45) is 0 Å². The third kappa shape index (κ3) is 6.43. The number of furan rings is 1. The molecule has 0 bridgehead atoms. The Labute approximate surface area is 341 Å². The molecule has 276 valence electrons. The van der Waals surface area contributed by atoms with E-state index in [0.29, 0.717) is 17.5 Å². The van der Waals surface area contributed by atoms with E-state index in [4.69, 9.17) is 19.4 Å². The first kappa shape index (κ1) is 34.3. The highest BCUT2D eigenvalue weighted by atomic mass is 16.3. The second-order valence-corrected chi connectivity index (χ2v) is 14.8. The van der Waals surface area contributed by atoms with Crippen molar-refractivity contribution in [3.8, 4) is 78.7 Å². The number of fused-ring (bicyclic) bond motifs is 4. The highest BCUT2D eigenvalue weighted by Gasteiger charge is 2.22. The molecule has 0 N–H and O–H groups in total. The first-order valence-corrected chi connectivity index (χ1v) is 19.8. The average molecular weight is 754 g/mol. The molecule has 2 aromatic heterocycles. The topological polar surface area (TPSA) is 51.8 Å². The van der Waals surface area contributed by atoms with Crippen molar-refractivity contribution in [3.63, 3.8) is 0 Å². The molecule has 59 heavy (non-hydrogen) atoms. The van der Waals surface area contributed by atoms with Crippen LogP contribution in [0.15, 0.2) is 217 Å². The van der Waals surface area contributed by atoms with Crippen LogP contribution in [-0.2, 0) is 0 Å². The molecule has 0 radical (unpaired) electrons. The Morgan fingerprint density at radius 1 is 0.271 bits per heavy atom. The molecule has 11 aromatic rings. The minimum Gasteiger partial charge on any atom is -0.456 e. The van der Waals surface area contributed by atoms with E-state index >= 15 is 0 Å². The summed E-state index contributed by atoms with van der Waals surface area (Å²) in [7, 11) is 0. The molecule has 0 spiro atoms. The van der Waals surface area contributed by atoms with Gasteiger partial charge in [0.25, 0.3) is 0 Å². The smallest absolute Gasteiger partial charge is 0.164 e. The maximum Gasteiger partial charge on any atom is 0.164 e.